The van der Waals surface area contributed by atoms with E-state index in [9.17, 15) is 9.59 Å². The number of nitrogens with one attached hydrogen (secondary N) is 1. The molecule has 0 bridgehead atoms. The second-order valence-electron chi connectivity index (χ2n) is 8.48. The molecule has 2 aliphatic heterocycles. The number of piperidine rings is 1. The van der Waals surface area contributed by atoms with E-state index in [2.05, 4.69) is 20.6 Å². The van der Waals surface area contributed by atoms with Crippen LogP contribution >= 0.6 is 11.8 Å². The molecule has 5 rings (SSSR count). The second-order valence-corrected chi connectivity index (χ2v) is 9.42. The maximum Gasteiger partial charge on any atom is 0.305 e. The molecule has 37 heavy (non-hydrogen) atoms. The number of hydrogen-bond donors (Lipinski definition) is 1. The highest BCUT2D eigenvalue weighted by Crippen LogP contribution is 2.30. The molecule has 2 aliphatic rings. The lowest BCUT2D eigenvalue weighted by Gasteiger charge is -2.17. The summed E-state index contributed by atoms with van der Waals surface area (Å²) >= 11 is 1.17. The van der Waals surface area contributed by atoms with Crippen LogP contribution in [0.5, 0.6) is 5.75 Å². The Labute approximate surface area is 218 Å². The third-order valence-electron chi connectivity index (χ3n) is 5.95. The summed E-state index contributed by atoms with van der Waals surface area (Å²) in [5.74, 6) is 0.355. The number of ether oxygens (including phenoxy) is 1. The van der Waals surface area contributed by atoms with Crippen LogP contribution in [0.3, 0.4) is 0 Å². The van der Waals surface area contributed by atoms with Crippen LogP contribution in [-0.2, 0) is 9.59 Å². The van der Waals surface area contributed by atoms with Gasteiger partial charge in [0.05, 0.1) is 36.4 Å². The maximum absolute atomic E-state index is 13.4. The number of aliphatic imine (C=N–C) groups is 1. The highest BCUT2D eigenvalue weighted by molar-refractivity contribution is 8.14. The standard InChI is InChI=1S/C26H26N6O4S/c1-35-22-13-7-6-10-19(22)16-21-25(34)32(20-11-4-2-5-12-20)26(27-21)37-18-23(33)28-24-17-31(29-36-24)30-14-8-3-9-15-30/h2,4-7,10-13,16-17H,3,8-9,14-15,18H2,1H3/p+1/b21-16+. The van der Waals surface area contributed by atoms with Gasteiger partial charge in [0, 0.05) is 5.56 Å². The number of aromatic nitrogens is 2. The number of anilines is 2. The van der Waals surface area contributed by atoms with E-state index in [4.69, 9.17) is 9.26 Å². The van der Waals surface area contributed by atoms with E-state index in [1.165, 1.54) is 23.1 Å². The summed E-state index contributed by atoms with van der Waals surface area (Å²) in [4.78, 5) is 33.8. The van der Waals surface area contributed by atoms with Crippen LogP contribution in [0, 0.1) is 0 Å². The zero-order valence-corrected chi connectivity index (χ0v) is 21.2. The van der Waals surface area contributed by atoms with Crippen LogP contribution in [0.15, 0.2) is 76.0 Å². The third kappa shape index (κ3) is 5.67. The fourth-order valence-electron chi connectivity index (χ4n) is 4.14. The Balaban J connectivity index is 1.31. The van der Waals surface area contributed by atoms with Gasteiger partial charge in [0.1, 0.15) is 11.4 Å². The Morgan fingerprint density at radius 3 is 2.68 bits per heavy atom. The van der Waals surface area contributed by atoms with E-state index in [0.29, 0.717) is 16.6 Å². The summed E-state index contributed by atoms with van der Waals surface area (Å²) in [5.41, 5.74) is 1.66. The number of thioether (sulfide) groups is 1. The van der Waals surface area contributed by atoms with E-state index in [1.807, 2.05) is 54.6 Å². The van der Waals surface area contributed by atoms with Gasteiger partial charge in [-0.1, -0.05) is 48.2 Å². The summed E-state index contributed by atoms with van der Waals surface area (Å²) in [7, 11) is 1.58. The molecule has 10 nitrogen and oxygen atoms in total. The van der Waals surface area contributed by atoms with Gasteiger partial charge in [0.25, 0.3) is 12.1 Å². The average Bonchev–Trinajstić information content (AvgIpc) is 3.53. The fraction of sp³-hybridized carbons (Fsp3) is 0.269. The van der Waals surface area contributed by atoms with Crippen molar-refractivity contribution in [2.45, 2.75) is 19.3 Å². The van der Waals surface area contributed by atoms with Gasteiger partial charge in [0.15, 0.2) is 5.17 Å². The molecule has 1 N–H and O–H groups in total. The lowest BCUT2D eigenvalue weighted by molar-refractivity contribution is -0.759. The zero-order chi connectivity index (χ0) is 25.6. The van der Waals surface area contributed by atoms with Crippen LogP contribution in [-0.4, -0.2) is 48.2 Å². The van der Waals surface area contributed by atoms with Crippen molar-refractivity contribution >= 4 is 46.4 Å². The van der Waals surface area contributed by atoms with Crippen molar-refractivity contribution in [3.8, 4) is 5.75 Å². The summed E-state index contributed by atoms with van der Waals surface area (Å²) in [5, 5.41) is 9.22. The number of nitrogens with zero attached hydrogens (tertiary/aromatic N) is 5. The second kappa shape index (κ2) is 11.3. The van der Waals surface area contributed by atoms with E-state index >= 15 is 0 Å². The number of carbonyl (C=O) groups excluding carboxylic acids is 2. The van der Waals surface area contributed by atoms with Gasteiger partial charge in [-0.05, 0) is 43.5 Å². The van der Waals surface area contributed by atoms with Gasteiger partial charge < -0.3 is 4.74 Å². The number of rotatable bonds is 7. The molecular weight excluding hydrogens is 492 g/mol. The number of methoxy groups -OCH3 is 1. The van der Waals surface area contributed by atoms with Gasteiger partial charge in [-0.25, -0.2) is 4.99 Å². The Hall–Kier alpha value is -4.12. The predicted octanol–water partition coefficient (Wildman–Crippen LogP) is 3.21. The Bertz CT molecular complexity index is 1330. The number of hydrogen-bond acceptors (Lipinski definition) is 8. The minimum absolute atomic E-state index is 0.0296. The van der Waals surface area contributed by atoms with Crippen molar-refractivity contribution in [3.63, 3.8) is 0 Å². The normalized spacial score (nSPS) is 16.7. The molecule has 1 aromatic heterocycles. The largest absolute Gasteiger partial charge is 0.496 e. The molecule has 11 heteroatoms. The first-order valence-electron chi connectivity index (χ1n) is 12.0. The topological polar surface area (TPSA) is 104 Å². The highest BCUT2D eigenvalue weighted by atomic mass is 32.2. The molecule has 0 radical (unpaired) electrons. The zero-order valence-electron chi connectivity index (χ0n) is 20.4. The first kappa shape index (κ1) is 24.6. The molecule has 0 aliphatic carbocycles. The number of carbonyl (C=O) groups is 2. The lowest BCUT2D eigenvalue weighted by Crippen LogP contribution is -2.60. The summed E-state index contributed by atoms with van der Waals surface area (Å²) < 4.78 is 10.7. The number of amidine groups is 1. The molecule has 0 saturated carbocycles. The van der Waals surface area contributed by atoms with E-state index in [1.54, 1.807) is 24.2 Å². The summed E-state index contributed by atoms with van der Waals surface area (Å²) in [6.45, 7) is 1.79. The van der Waals surface area contributed by atoms with Crippen molar-refractivity contribution in [2.75, 3.05) is 41.2 Å². The van der Waals surface area contributed by atoms with Gasteiger partial charge >= 0.3 is 5.88 Å². The molecule has 2 aromatic carbocycles. The Morgan fingerprint density at radius 2 is 1.89 bits per heavy atom. The number of benzene rings is 2. The van der Waals surface area contributed by atoms with Crippen molar-refractivity contribution in [3.05, 3.63) is 72.1 Å². The third-order valence-corrected chi connectivity index (χ3v) is 6.89. The summed E-state index contributed by atoms with van der Waals surface area (Å²) in [6.07, 6.45) is 6.76. The van der Waals surface area contributed by atoms with Crippen LogP contribution < -0.4 is 24.8 Å². The van der Waals surface area contributed by atoms with E-state index in [0.717, 1.165) is 31.5 Å². The molecule has 190 valence electrons. The van der Waals surface area contributed by atoms with Gasteiger partial charge in [-0.15, -0.1) is 0 Å². The maximum atomic E-state index is 13.4. The van der Waals surface area contributed by atoms with Gasteiger partial charge in [-0.3, -0.25) is 24.3 Å². The van der Waals surface area contributed by atoms with Crippen LogP contribution in [0.1, 0.15) is 24.8 Å². The first-order valence-corrected chi connectivity index (χ1v) is 13.0. The number of amides is 2. The Morgan fingerprint density at radius 1 is 1.14 bits per heavy atom. The monoisotopic (exact) mass is 519 g/mol. The van der Waals surface area contributed by atoms with E-state index < -0.39 is 0 Å². The molecule has 3 heterocycles. The molecular formula is C26H27N6O4S+. The highest BCUT2D eigenvalue weighted by Gasteiger charge is 2.33. The fourth-order valence-corrected chi connectivity index (χ4v) is 4.96. The molecule has 3 aromatic rings. The quantitative estimate of drug-likeness (QED) is 0.378. The van der Waals surface area contributed by atoms with Gasteiger partial charge in [-0.2, -0.15) is 5.01 Å². The minimum Gasteiger partial charge on any atom is -0.496 e. The minimum atomic E-state index is -0.294. The SMILES string of the molecule is COc1ccccc1/C=C1/N=C(SCC(=O)Nc2c[n+](N3CCCCC3)no2)N(c2ccccc2)C1=O. The predicted molar refractivity (Wildman–Crippen MR) is 142 cm³/mol. The van der Waals surface area contributed by atoms with Crippen LogP contribution in [0.2, 0.25) is 0 Å². The van der Waals surface area contributed by atoms with Crippen LogP contribution in [0.4, 0.5) is 11.6 Å². The van der Waals surface area contributed by atoms with E-state index in [-0.39, 0.29) is 29.1 Å². The Kier molecular flexibility index (Phi) is 7.50. The summed E-state index contributed by atoms with van der Waals surface area (Å²) in [6, 6.07) is 16.6. The van der Waals surface area contributed by atoms with Crippen molar-refractivity contribution in [1.29, 1.82) is 0 Å². The molecule has 2 amide bonds. The first-order chi connectivity index (χ1) is 18.1. The van der Waals surface area contributed by atoms with Crippen molar-refractivity contribution < 1.29 is 23.6 Å². The molecule has 0 atom stereocenters. The molecule has 0 spiro atoms. The van der Waals surface area contributed by atoms with Crippen LogP contribution in [0.25, 0.3) is 6.08 Å². The molecule has 1 saturated heterocycles. The lowest BCUT2D eigenvalue weighted by atomic mass is 10.1. The molecule has 1 fully saturated rings. The number of para-hydroxylation sites is 2. The van der Waals surface area contributed by atoms with Crippen molar-refractivity contribution in [2.24, 2.45) is 4.99 Å². The van der Waals surface area contributed by atoms with Crippen molar-refractivity contribution in [1.82, 2.24) is 5.27 Å². The molecule has 0 unspecified atom stereocenters. The van der Waals surface area contributed by atoms with Gasteiger partial charge in [0.2, 0.25) is 11.2 Å². The smallest absolute Gasteiger partial charge is 0.305 e. The average molecular weight is 520 g/mol.